The summed E-state index contributed by atoms with van der Waals surface area (Å²) in [5, 5.41) is 6.06. The molecule has 3 aromatic carbocycles. The first kappa shape index (κ1) is 41.2. The number of amides is 4. The van der Waals surface area contributed by atoms with Crippen LogP contribution in [-0.4, -0.2) is 97.0 Å². The van der Waals surface area contributed by atoms with Gasteiger partial charge in [-0.2, -0.15) is 0 Å². The Labute approximate surface area is 326 Å². The zero-order valence-corrected chi connectivity index (χ0v) is 32.6. The molecule has 0 radical (unpaired) electrons. The second-order valence-corrected chi connectivity index (χ2v) is 14.3. The van der Waals surface area contributed by atoms with Gasteiger partial charge in [-0.3, -0.25) is 19.4 Å². The lowest BCUT2D eigenvalue weighted by molar-refractivity contribution is -0.141. The molecule has 0 spiro atoms. The molecule has 4 amide bonds. The van der Waals surface area contributed by atoms with E-state index in [4.69, 9.17) is 9.47 Å². The van der Waals surface area contributed by atoms with Gasteiger partial charge in [0.25, 0.3) is 0 Å². The molecule has 1 saturated heterocycles. The monoisotopic (exact) mass is 751 g/mol. The number of nitrogens with one attached hydrogen (secondary N) is 2. The number of hydrogen-bond donors (Lipinski definition) is 2. The fourth-order valence-electron chi connectivity index (χ4n) is 7.02. The highest BCUT2D eigenvalue weighted by molar-refractivity contribution is 5.95. The molecule has 0 aliphatic carbocycles. The summed E-state index contributed by atoms with van der Waals surface area (Å²) in [4.78, 5) is 59.6. The van der Waals surface area contributed by atoms with Crippen LogP contribution < -0.4 is 10.6 Å². The number of allylic oxidation sites excluding steroid dienone is 1. The lowest BCUT2D eigenvalue weighted by atomic mass is 9.93. The number of carbonyl (C=O) groups is 4. The number of nitrogens with zero attached hydrogens (tertiary/aromatic N) is 3. The van der Waals surface area contributed by atoms with E-state index in [1.165, 1.54) is 0 Å². The summed E-state index contributed by atoms with van der Waals surface area (Å²) in [6.07, 6.45) is 4.10. The quantitative estimate of drug-likeness (QED) is 0.107. The maximum atomic E-state index is 13.8. The lowest BCUT2D eigenvalue weighted by Gasteiger charge is -2.35. The number of urea groups is 1. The minimum atomic E-state index is -0.681. The zero-order valence-electron chi connectivity index (χ0n) is 32.6. The summed E-state index contributed by atoms with van der Waals surface area (Å²) >= 11 is 0. The number of ether oxygens (including phenoxy) is 2. The Morgan fingerprint density at radius 3 is 2.25 bits per heavy atom. The van der Waals surface area contributed by atoms with Crippen molar-refractivity contribution in [2.24, 2.45) is 0 Å². The first-order valence-electron chi connectivity index (χ1n) is 19.8. The van der Waals surface area contributed by atoms with Crippen molar-refractivity contribution in [3.8, 4) is 11.1 Å². The average Bonchev–Trinajstić information content (AvgIpc) is 3.21. The molecule has 3 aromatic rings. The van der Waals surface area contributed by atoms with E-state index < -0.39 is 18.1 Å². The van der Waals surface area contributed by atoms with Crippen molar-refractivity contribution in [1.82, 2.24) is 25.3 Å². The van der Waals surface area contributed by atoms with Crippen LogP contribution in [0.2, 0.25) is 0 Å². The topological polar surface area (TPSA) is 121 Å². The molecule has 0 aromatic heterocycles. The van der Waals surface area contributed by atoms with Gasteiger partial charge in [0.15, 0.2) is 0 Å². The summed E-state index contributed by atoms with van der Waals surface area (Å²) in [6.45, 7) is 10.9. The molecule has 0 bridgehead atoms. The number of unbranched alkanes of at least 4 members (excludes halogenated alkanes) is 3. The number of carbonyl (C=O) groups excluding carboxylic acids is 4. The molecule has 0 saturated carbocycles. The third kappa shape index (κ3) is 11.7. The van der Waals surface area contributed by atoms with Crippen LogP contribution in [0, 0.1) is 0 Å². The van der Waals surface area contributed by atoms with Gasteiger partial charge in [0.2, 0.25) is 11.8 Å². The Hall–Kier alpha value is -5.00. The van der Waals surface area contributed by atoms with Gasteiger partial charge >= 0.3 is 12.0 Å². The number of rotatable bonds is 19. The van der Waals surface area contributed by atoms with Crippen molar-refractivity contribution in [3.05, 3.63) is 107 Å². The Morgan fingerprint density at radius 2 is 1.56 bits per heavy atom. The normalized spacial score (nSPS) is 16.7. The molecule has 2 aliphatic heterocycles. The Morgan fingerprint density at radius 1 is 0.891 bits per heavy atom. The molecule has 11 nitrogen and oxygen atoms in total. The van der Waals surface area contributed by atoms with Crippen molar-refractivity contribution >= 4 is 23.8 Å². The number of esters is 1. The van der Waals surface area contributed by atoms with Gasteiger partial charge in [0, 0.05) is 51.4 Å². The molecular weight excluding hydrogens is 695 g/mol. The molecule has 2 heterocycles. The van der Waals surface area contributed by atoms with Gasteiger partial charge in [-0.05, 0) is 55.4 Å². The van der Waals surface area contributed by atoms with Crippen LogP contribution in [0.3, 0.4) is 0 Å². The van der Waals surface area contributed by atoms with Crippen molar-refractivity contribution in [2.45, 2.75) is 78.0 Å². The van der Waals surface area contributed by atoms with Crippen LogP contribution in [-0.2, 0) is 30.5 Å². The van der Waals surface area contributed by atoms with Gasteiger partial charge in [-0.25, -0.2) is 9.59 Å². The standard InChI is InChI=1S/C44H57N5O6/c1-4-5-24-45-42(51)34(3)48(27-26-47-28-30-54-31-29-47)39(50)19-13-8-14-25-49-33(2)40(43(52)55-32-35-15-9-6-10-16-35)41(46-44(49)53)38-22-20-37(21-23-38)36-17-11-7-12-18-36/h6-7,9-12,15-18,20-23,34,41H,4-5,8,13-14,19,24-32H2,1-3H3,(H,45,51)(H,46,53). The predicted molar refractivity (Wildman–Crippen MR) is 214 cm³/mol. The van der Waals surface area contributed by atoms with Crippen LogP contribution in [0.1, 0.15) is 76.5 Å². The largest absolute Gasteiger partial charge is 0.457 e. The van der Waals surface area contributed by atoms with E-state index in [-0.39, 0.29) is 24.5 Å². The van der Waals surface area contributed by atoms with Gasteiger partial charge in [-0.1, -0.05) is 105 Å². The molecule has 2 unspecified atom stereocenters. The minimum Gasteiger partial charge on any atom is -0.457 e. The van der Waals surface area contributed by atoms with Crippen molar-refractivity contribution in [1.29, 1.82) is 0 Å². The van der Waals surface area contributed by atoms with Crippen LogP contribution in [0.15, 0.2) is 96.2 Å². The van der Waals surface area contributed by atoms with Crippen LogP contribution in [0.5, 0.6) is 0 Å². The first-order chi connectivity index (χ1) is 26.8. The van der Waals surface area contributed by atoms with E-state index in [1.807, 2.05) is 84.9 Å². The van der Waals surface area contributed by atoms with Crippen LogP contribution in [0.4, 0.5) is 4.79 Å². The maximum Gasteiger partial charge on any atom is 0.338 e. The summed E-state index contributed by atoms with van der Waals surface area (Å²) in [5.41, 5.74) is 4.70. The molecule has 1 fully saturated rings. The Kier molecular flexibility index (Phi) is 15.9. The molecule has 2 N–H and O–H groups in total. The van der Waals surface area contributed by atoms with Crippen molar-refractivity contribution < 1.29 is 28.7 Å². The van der Waals surface area contributed by atoms with E-state index in [0.29, 0.717) is 76.3 Å². The molecule has 55 heavy (non-hydrogen) atoms. The molecule has 294 valence electrons. The molecule has 2 aliphatic rings. The molecule has 11 heteroatoms. The number of benzene rings is 3. The second kappa shape index (κ2) is 21.2. The average molecular weight is 752 g/mol. The van der Waals surface area contributed by atoms with Gasteiger partial charge in [-0.15, -0.1) is 0 Å². The predicted octanol–water partition coefficient (Wildman–Crippen LogP) is 6.46. The van der Waals surface area contributed by atoms with Crippen LogP contribution in [0.25, 0.3) is 11.1 Å². The minimum absolute atomic E-state index is 0.0530. The fourth-order valence-corrected chi connectivity index (χ4v) is 7.02. The second-order valence-electron chi connectivity index (χ2n) is 14.3. The third-order valence-electron chi connectivity index (χ3n) is 10.4. The van der Waals surface area contributed by atoms with Gasteiger partial charge in [0.05, 0.1) is 24.8 Å². The van der Waals surface area contributed by atoms with Crippen molar-refractivity contribution in [3.63, 3.8) is 0 Å². The Bertz CT molecular complexity index is 1730. The van der Waals surface area contributed by atoms with Crippen molar-refractivity contribution in [2.75, 3.05) is 52.5 Å². The highest BCUT2D eigenvalue weighted by Gasteiger charge is 2.36. The number of hydrogen-bond acceptors (Lipinski definition) is 7. The summed E-state index contributed by atoms with van der Waals surface area (Å²) in [7, 11) is 0. The lowest BCUT2D eigenvalue weighted by Crippen LogP contribution is -2.51. The zero-order chi connectivity index (χ0) is 39.0. The SMILES string of the molecule is CCCCNC(=O)C(C)N(CCN1CCOCC1)C(=O)CCCCCN1C(=O)NC(c2ccc(-c3ccccc3)cc2)C(C(=O)OCc2ccccc2)=C1C. The molecule has 5 rings (SSSR count). The summed E-state index contributed by atoms with van der Waals surface area (Å²) in [5.74, 6) is -0.674. The highest BCUT2D eigenvalue weighted by atomic mass is 16.5. The third-order valence-corrected chi connectivity index (χ3v) is 10.4. The van der Waals surface area contributed by atoms with E-state index in [1.54, 1.807) is 23.6 Å². The van der Waals surface area contributed by atoms with Gasteiger partial charge in [0.1, 0.15) is 12.6 Å². The smallest absolute Gasteiger partial charge is 0.338 e. The maximum absolute atomic E-state index is 13.8. The highest BCUT2D eigenvalue weighted by Crippen LogP contribution is 2.33. The fraction of sp³-hybridized carbons (Fsp3) is 0.455. The van der Waals surface area contributed by atoms with E-state index in [9.17, 15) is 19.2 Å². The van der Waals surface area contributed by atoms with E-state index in [0.717, 1.165) is 48.2 Å². The van der Waals surface area contributed by atoms with E-state index >= 15 is 0 Å². The molecular formula is C44H57N5O6. The Balaban J connectivity index is 1.23. The van der Waals surface area contributed by atoms with E-state index in [2.05, 4.69) is 22.5 Å². The summed E-state index contributed by atoms with van der Waals surface area (Å²) in [6, 6.07) is 25.9. The van der Waals surface area contributed by atoms with Gasteiger partial charge < -0.3 is 25.0 Å². The summed E-state index contributed by atoms with van der Waals surface area (Å²) < 4.78 is 11.3. The first-order valence-corrected chi connectivity index (χ1v) is 19.8. The molecule has 2 atom stereocenters. The van der Waals surface area contributed by atoms with Crippen LogP contribution >= 0.6 is 0 Å². The number of morpholine rings is 1.